The first-order chi connectivity index (χ1) is 14.5. The minimum absolute atomic E-state index is 0.102. The molecule has 166 valence electrons. The van der Waals surface area contributed by atoms with E-state index in [9.17, 15) is 18.8 Å². The molecule has 1 heterocycles. The number of nitrogens with zero attached hydrogens (tertiary/aromatic N) is 1. The van der Waals surface area contributed by atoms with E-state index in [4.69, 9.17) is 4.74 Å². The zero-order chi connectivity index (χ0) is 21.9. The molecule has 1 saturated heterocycles. The van der Waals surface area contributed by atoms with E-state index in [0.29, 0.717) is 52.0 Å². The lowest BCUT2D eigenvalue weighted by Crippen LogP contribution is -2.54. The number of carbonyl (C=O) groups excluding carboxylic acids is 3. The summed E-state index contributed by atoms with van der Waals surface area (Å²) in [6.07, 6.45) is 1.77. The summed E-state index contributed by atoms with van der Waals surface area (Å²) in [5.41, 5.74) is -0.102. The van der Waals surface area contributed by atoms with Crippen LogP contribution in [0.5, 0.6) is 0 Å². The maximum Gasteiger partial charge on any atom is 0.317 e. The van der Waals surface area contributed by atoms with Gasteiger partial charge in [-0.2, -0.15) is 0 Å². The zero-order valence-electron chi connectivity index (χ0n) is 17.6. The van der Waals surface area contributed by atoms with Gasteiger partial charge in [-0.1, -0.05) is 12.1 Å². The summed E-state index contributed by atoms with van der Waals surface area (Å²) in [6.45, 7) is 4.30. The fourth-order valence-electron chi connectivity index (χ4n) is 3.50. The third kappa shape index (κ3) is 6.69. The van der Waals surface area contributed by atoms with Crippen molar-refractivity contribution in [2.24, 2.45) is 5.92 Å². The van der Waals surface area contributed by atoms with E-state index in [2.05, 4.69) is 16.0 Å². The van der Waals surface area contributed by atoms with E-state index < -0.39 is 17.8 Å². The van der Waals surface area contributed by atoms with Crippen molar-refractivity contribution in [3.63, 3.8) is 0 Å². The fourth-order valence-corrected chi connectivity index (χ4v) is 3.50. The number of methoxy groups -OCH3 is 1. The Bertz CT molecular complexity index is 723. The molecule has 1 aromatic rings. The maximum atomic E-state index is 14.0. The lowest BCUT2D eigenvalue weighted by atomic mass is 9.88. The van der Waals surface area contributed by atoms with Crippen molar-refractivity contribution in [3.05, 3.63) is 35.6 Å². The number of halogens is 1. The molecule has 2 rings (SSSR count). The van der Waals surface area contributed by atoms with Gasteiger partial charge in [0.25, 0.3) is 5.91 Å². The molecule has 1 aliphatic rings. The van der Waals surface area contributed by atoms with E-state index in [1.54, 1.807) is 18.1 Å². The summed E-state index contributed by atoms with van der Waals surface area (Å²) in [5.74, 6) is -1.74. The first-order valence-corrected chi connectivity index (χ1v) is 10.3. The van der Waals surface area contributed by atoms with Gasteiger partial charge in [0.15, 0.2) is 0 Å². The molecule has 1 atom stereocenters. The number of nitrogens with one attached hydrogen (secondary N) is 3. The second kappa shape index (κ2) is 12.1. The molecule has 1 aromatic carbocycles. The number of amides is 4. The van der Waals surface area contributed by atoms with E-state index in [0.717, 1.165) is 0 Å². The van der Waals surface area contributed by atoms with Crippen molar-refractivity contribution in [1.29, 1.82) is 0 Å². The van der Waals surface area contributed by atoms with Gasteiger partial charge in [-0.25, -0.2) is 9.18 Å². The summed E-state index contributed by atoms with van der Waals surface area (Å²) in [6, 6.07) is 4.73. The number of rotatable bonds is 9. The molecule has 8 nitrogen and oxygen atoms in total. The van der Waals surface area contributed by atoms with Gasteiger partial charge in [0.2, 0.25) is 5.91 Å². The molecule has 4 amide bonds. The normalized spacial score (nSPS) is 15.4. The summed E-state index contributed by atoms with van der Waals surface area (Å²) < 4.78 is 19.0. The Balaban J connectivity index is 2.06. The minimum atomic E-state index is -0.809. The molecule has 9 heteroatoms. The van der Waals surface area contributed by atoms with Crippen LogP contribution in [0.1, 0.15) is 36.5 Å². The summed E-state index contributed by atoms with van der Waals surface area (Å²) >= 11 is 0. The first kappa shape index (κ1) is 23.6. The van der Waals surface area contributed by atoms with Crippen LogP contribution in [0.25, 0.3) is 0 Å². The largest absolute Gasteiger partial charge is 0.385 e. The van der Waals surface area contributed by atoms with Gasteiger partial charge in [0, 0.05) is 39.9 Å². The van der Waals surface area contributed by atoms with Gasteiger partial charge >= 0.3 is 6.03 Å². The number of likely N-dealkylation sites (tertiary alicyclic amines) is 1. The predicted octanol–water partition coefficient (Wildman–Crippen LogP) is 1.52. The van der Waals surface area contributed by atoms with Crippen molar-refractivity contribution >= 4 is 17.8 Å². The summed E-state index contributed by atoms with van der Waals surface area (Å²) in [7, 11) is 1.59. The second-order valence-corrected chi connectivity index (χ2v) is 7.23. The number of hydrogen-bond donors (Lipinski definition) is 3. The predicted molar refractivity (Wildman–Crippen MR) is 111 cm³/mol. The molecule has 0 saturated carbocycles. The monoisotopic (exact) mass is 422 g/mol. The van der Waals surface area contributed by atoms with E-state index in [1.165, 1.54) is 18.2 Å². The molecule has 0 bridgehead atoms. The van der Waals surface area contributed by atoms with Gasteiger partial charge in [0.05, 0.1) is 5.56 Å². The molecule has 0 aliphatic carbocycles. The number of urea groups is 1. The zero-order valence-corrected chi connectivity index (χ0v) is 17.6. The van der Waals surface area contributed by atoms with E-state index in [1.807, 2.05) is 6.92 Å². The lowest BCUT2D eigenvalue weighted by Gasteiger charge is -2.35. The third-order valence-corrected chi connectivity index (χ3v) is 5.14. The summed E-state index contributed by atoms with van der Waals surface area (Å²) in [5, 5.41) is 8.30. The lowest BCUT2D eigenvalue weighted by molar-refractivity contribution is -0.124. The molecular formula is C21H31FN4O4. The molecule has 3 N–H and O–H groups in total. The van der Waals surface area contributed by atoms with Crippen LogP contribution in [0.3, 0.4) is 0 Å². The van der Waals surface area contributed by atoms with Gasteiger partial charge < -0.3 is 25.6 Å². The van der Waals surface area contributed by atoms with Gasteiger partial charge in [-0.05, 0) is 44.2 Å². The molecular weight excluding hydrogens is 391 g/mol. The van der Waals surface area contributed by atoms with E-state index >= 15 is 0 Å². The average Bonchev–Trinajstić information content (AvgIpc) is 2.75. The Morgan fingerprint density at radius 2 is 1.90 bits per heavy atom. The quantitative estimate of drug-likeness (QED) is 0.526. The van der Waals surface area contributed by atoms with Crippen molar-refractivity contribution < 1.29 is 23.5 Å². The van der Waals surface area contributed by atoms with Crippen LogP contribution < -0.4 is 16.0 Å². The van der Waals surface area contributed by atoms with Gasteiger partial charge in [0.1, 0.15) is 11.9 Å². The number of carbonyl (C=O) groups is 3. The molecule has 1 unspecified atom stereocenters. The first-order valence-electron chi connectivity index (χ1n) is 10.3. The van der Waals surface area contributed by atoms with Crippen LogP contribution in [-0.2, 0) is 9.53 Å². The Morgan fingerprint density at radius 3 is 2.53 bits per heavy atom. The Hall–Kier alpha value is -2.68. The highest BCUT2D eigenvalue weighted by molar-refractivity contribution is 5.97. The molecule has 0 radical (unpaired) electrons. The number of hydrogen-bond acceptors (Lipinski definition) is 4. The Kier molecular flexibility index (Phi) is 9.53. The van der Waals surface area contributed by atoms with Crippen LogP contribution in [0.4, 0.5) is 9.18 Å². The van der Waals surface area contributed by atoms with Crippen molar-refractivity contribution in [1.82, 2.24) is 20.9 Å². The SMILES string of the molecule is CCNC(=O)N1CCC(C(NC(=O)c2ccccc2F)C(=O)NCCCOC)CC1. The Labute approximate surface area is 176 Å². The highest BCUT2D eigenvalue weighted by Gasteiger charge is 2.34. The van der Waals surface area contributed by atoms with Gasteiger partial charge in [-0.15, -0.1) is 0 Å². The molecule has 1 aliphatic heterocycles. The van der Waals surface area contributed by atoms with Crippen LogP contribution in [0.2, 0.25) is 0 Å². The fraction of sp³-hybridized carbons (Fsp3) is 0.571. The standard InChI is InChI=1S/C21H31FN4O4/c1-3-23-21(29)26-12-9-15(10-13-26)18(20(28)24-11-6-14-30-2)25-19(27)16-7-4-5-8-17(16)22/h4-5,7-8,15,18H,3,6,9-14H2,1-2H3,(H,23,29)(H,24,28)(H,25,27). The highest BCUT2D eigenvalue weighted by Crippen LogP contribution is 2.22. The van der Waals surface area contributed by atoms with E-state index in [-0.39, 0.29) is 23.4 Å². The number of piperidine rings is 1. The molecule has 1 fully saturated rings. The topological polar surface area (TPSA) is 99.8 Å². The second-order valence-electron chi connectivity index (χ2n) is 7.23. The van der Waals surface area contributed by atoms with Crippen molar-refractivity contribution in [2.75, 3.05) is 39.9 Å². The Morgan fingerprint density at radius 1 is 1.20 bits per heavy atom. The maximum absolute atomic E-state index is 14.0. The highest BCUT2D eigenvalue weighted by atomic mass is 19.1. The van der Waals surface area contributed by atoms with Crippen molar-refractivity contribution in [3.8, 4) is 0 Å². The summed E-state index contributed by atoms with van der Waals surface area (Å²) in [4.78, 5) is 39.2. The number of benzene rings is 1. The van der Waals surface area contributed by atoms with Crippen molar-refractivity contribution in [2.45, 2.75) is 32.2 Å². The van der Waals surface area contributed by atoms with Crippen LogP contribution in [0.15, 0.2) is 24.3 Å². The van der Waals surface area contributed by atoms with Crippen LogP contribution >= 0.6 is 0 Å². The average molecular weight is 423 g/mol. The minimum Gasteiger partial charge on any atom is -0.385 e. The molecule has 0 aromatic heterocycles. The third-order valence-electron chi connectivity index (χ3n) is 5.14. The smallest absolute Gasteiger partial charge is 0.317 e. The van der Waals surface area contributed by atoms with Gasteiger partial charge in [-0.3, -0.25) is 9.59 Å². The molecule has 30 heavy (non-hydrogen) atoms. The molecule has 0 spiro atoms. The number of ether oxygens (including phenoxy) is 1. The van der Waals surface area contributed by atoms with Crippen LogP contribution in [-0.4, -0.2) is 68.7 Å². The van der Waals surface area contributed by atoms with Crippen LogP contribution in [0, 0.1) is 11.7 Å².